The number of rotatable bonds is 6. The number of ether oxygens (including phenoxy) is 1. The largest absolute Gasteiger partial charge is 0.507 e. The summed E-state index contributed by atoms with van der Waals surface area (Å²) in [5.74, 6) is -0.217. The van der Waals surface area contributed by atoms with Crippen LogP contribution in [0.2, 0.25) is 0 Å². The second-order valence-corrected chi connectivity index (χ2v) is 15.1. The lowest BCUT2D eigenvalue weighted by molar-refractivity contribution is -0.138. The van der Waals surface area contributed by atoms with Crippen molar-refractivity contribution in [3.63, 3.8) is 0 Å². The zero-order valence-electron chi connectivity index (χ0n) is 27.1. The first-order valence-electron chi connectivity index (χ1n) is 15.0. The van der Waals surface area contributed by atoms with Gasteiger partial charge in [-0.2, -0.15) is 0 Å². The molecule has 2 heterocycles. The standard InChI is InChI=1S/C37H40N2O4S2/c1-9-43-34(42)29-30(23-13-11-10-12-14-23)38-35-39(31(29)24-15-17-25(44-8)18-16-24)33(41)28(45-35)21-22-19-26(36(2,3)4)32(40)27(20-22)37(5,6)7/h10-21,31,40H,9H2,1-8H3/b28-21+/t31-/m0/s1. The Morgan fingerprint density at radius 2 is 1.60 bits per heavy atom. The lowest BCUT2D eigenvalue weighted by Crippen LogP contribution is -2.40. The molecule has 0 saturated carbocycles. The van der Waals surface area contributed by atoms with Crippen molar-refractivity contribution >= 4 is 40.8 Å². The first-order valence-corrected chi connectivity index (χ1v) is 17.1. The Bertz CT molecular complexity index is 1920. The maximum atomic E-state index is 14.4. The Morgan fingerprint density at radius 3 is 2.13 bits per heavy atom. The summed E-state index contributed by atoms with van der Waals surface area (Å²) in [5, 5.41) is 11.3. The van der Waals surface area contributed by atoms with Gasteiger partial charge in [-0.05, 0) is 65.5 Å². The fourth-order valence-electron chi connectivity index (χ4n) is 5.58. The van der Waals surface area contributed by atoms with Gasteiger partial charge in [-0.15, -0.1) is 11.8 Å². The maximum Gasteiger partial charge on any atom is 0.338 e. The molecule has 0 aliphatic carbocycles. The topological polar surface area (TPSA) is 80.9 Å². The Labute approximate surface area is 272 Å². The van der Waals surface area contributed by atoms with E-state index in [2.05, 4.69) is 41.5 Å². The third-order valence-electron chi connectivity index (χ3n) is 7.85. The number of hydrogen-bond donors (Lipinski definition) is 1. The van der Waals surface area contributed by atoms with E-state index >= 15 is 0 Å². The van der Waals surface area contributed by atoms with Crippen LogP contribution in [0, 0.1) is 0 Å². The van der Waals surface area contributed by atoms with E-state index in [9.17, 15) is 14.7 Å². The highest BCUT2D eigenvalue weighted by Crippen LogP contribution is 2.40. The third-order valence-corrected chi connectivity index (χ3v) is 9.58. The Morgan fingerprint density at radius 1 is 1.00 bits per heavy atom. The normalized spacial score (nSPS) is 15.6. The van der Waals surface area contributed by atoms with E-state index in [0.29, 0.717) is 20.6 Å². The summed E-state index contributed by atoms with van der Waals surface area (Å²) in [6, 6.07) is 20.7. The van der Waals surface area contributed by atoms with Gasteiger partial charge in [0.15, 0.2) is 4.80 Å². The Kier molecular flexibility index (Phi) is 9.02. The van der Waals surface area contributed by atoms with Crippen LogP contribution in [0.25, 0.3) is 11.8 Å². The van der Waals surface area contributed by atoms with Crippen molar-refractivity contribution in [2.24, 2.45) is 4.99 Å². The molecule has 8 heteroatoms. The summed E-state index contributed by atoms with van der Waals surface area (Å²) in [6.45, 7) is 14.4. The van der Waals surface area contributed by atoms with Gasteiger partial charge in [0.1, 0.15) is 5.75 Å². The molecule has 1 aliphatic heterocycles. The average Bonchev–Trinajstić information content (AvgIpc) is 3.30. The molecule has 0 bridgehead atoms. The zero-order valence-corrected chi connectivity index (χ0v) is 28.7. The van der Waals surface area contributed by atoms with E-state index in [-0.39, 0.29) is 28.7 Å². The van der Waals surface area contributed by atoms with Crippen LogP contribution in [0.5, 0.6) is 5.75 Å². The van der Waals surface area contributed by atoms with E-state index in [1.165, 1.54) is 11.3 Å². The summed E-state index contributed by atoms with van der Waals surface area (Å²) in [4.78, 5) is 34.6. The van der Waals surface area contributed by atoms with Gasteiger partial charge >= 0.3 is 5.97 Å². The number of phenols is 1. The molecule has 1 N–H and O–H groups in total. The van der Waals surface area contributed by atoms with E-state index < -0.39 is 12.0 Å². The molecular weight excluding hydrogens is 601 g/mol. The Hall–Kier alpha value is -3.88. The van der Waals surface area contributed by atoms with E-state index in [1.54, 1.807) is 23.3 Å². The highest BCUT2D eigenvalue weighted by Gasteiger charge is 2.35. The molecule has 0 spiro atoms. The average molecular weight is 641 g/mol. The lowest BCUT2D eigenvalue weighted by Gasteiger charge is -2.27. The number of aromatic nitrogens is 1. The van der Waals surface area contributed by atoms with Gasteiger partial charge in [-0.25, -0.2) is 9.79 Å². The SMILES string of the molecule is CCOC(=O)C1=C(c2ccccc2)N=c2s/c(=C/c3cc(C(C)(C)C)c(O)c(C(C)(C)C)c3)c(=O)n2[C@H]1c1ccc(SC)cc1. The number of fused-ring (bicyclic) bond motifs is 1. The molecule has 234 valence electrons. The highest BCUT2D eigenvalue weighted by atomic mass is 32.2. The minimum Gasteiger partial charge on any atom is -0.507 e. The number of carbonyl (C=O) groups is 1. The second-order valence-electron chi connectivity index (χ2n) is 13.2. The van der Waals surface area contributed by atoms with Crippen LogP contribution in [-0.4, -0.2) is 28.5 Å². The fraction of sp³-hybridized carbons (Fsp3) is 0.324. The molecular formula is C37H40N2O4S2. The quantitative estimate of drug-likeness (QED) is 0.182. The zero-order chi connectivity index (χ0) is 32.7. The predicted molar refractivity (Wildman–Crippen MR) is 185 cm³/mol. The lowest BCUT2D eigenvalue weighted by atomic mass is 9.78. The van der Waals surface area contributed by atoms with Crippen LogP contribution in [0.3, 0.4) is 0 Å². The number of aromatic hydroxyl groups is 1. The van der Waals surface area contributed by atoms with Crippen molar-refractivity contribution in [2.75, 3.05) is 12.9 Å². The molecule has 0 radical (unpaired) electrons. The first-order chi connectivity index (χ1) is 21.2. The molecule has 0 unspecified atom stereocenters. The van der Waals surface area contributed by atoms with Crippen LogP contribution in [0.1, 0.15) is 82.3 Å². The van der Waals surface area contributed by atoms with Crippen molar-refractivity contribution in [3.05, 3.63) is 120 Å². The molecule has 4 aromatic rings. The van der Waals surface area contributed by atoms with Gasteiger partial charge < -0.3 is 9.84 Å². The van der Waals surface area contributed by atoms with Crippen molar-refractivity contribution in [3.8, 4) is 5.75 Å². The van der Waals surface area contributed by atoms with Crippen LogP contribution >= 0.6 is 23.1 Å². The van der Waals surface area contributed by atoms with Gasteiger partial charge in [0.25, 0.3) is 5.56 Å². The molecule has 5 rings (SSSR count). The molecule has 0 amide bonds. The number of thioether (sulfide) groups is 1. The van der Waals surface area contributed by atoms with Gasteiger partial charge in [0.2, 0.25) is 0 Å². The monoisotopic (exact) mass is 640 g/mol. The van der Waals surface area contributed by atoms with Crippen LogP contribution in [0.15, 0.2) is 87.0 Å². The number of benzene rings is 3. The summed E-state index contributed by atoms with van der Waals surface area (Å²) in [6.07, 6.45) is 3.88. The third kappa shape index (κ3) is 6.44. The fourth-order valence-corrected chi connectivity index (χ4v) is 6.99. The Balaban J connectivity index is 1.83. The van der Waals surface area contributed by atoms with Crippen LogP contribution in [-0.2, 0) is 20.4 Å². The van der Waals surface area contributed by atoms with Crippen molar-refractivity contribution in [2.45, 2.75) is 70.2 Å². The van der Waals surface area contributed by atoms with Crippen molar-refractivity contribution in [1.29, 1.82) is 0 Å². The van der Waals surface area contributed by atoms with Crippen LogP contribution in [0.4, 0.5) is 0 Å². The number of thiazole rings is 1. The number of hydrogen-bond acceptors (Lipinski definition) is 7. The number of nitrogens with zero attached hydrogens (tertiary/aromatic N) is 2. The van der Waals surface area contributed by atoms with E-state index in [1.807, 2.05) is 79.1 Å². The van der Waals surface area contributed by atoms with E-state index in [4.69, 9.17) is 9.73 Å². The molecule has 3 aromatic carbocycles. The molecule has 1 atom stereocenters. The van der Waals surface area contributed by atoms with Gasteiger partial charge in [-0.3, -0.25) is 9.36 Å². The number of phenolic OH excluding ortho intramolecular Hbond substituents is 1. The van der Waals surface area contributed by atoms with Gasteiger partial charge in [-0.1, -0.05) is 95.3 Å². The second kappa shape index (κ2) is 12.5. The number of esters is 1. The molecule has 45 heavy (non-hydrogen) atoms. The molecule has 0 saturated heterocycles. The van der Waals surface area contributed by atoms with E-state index in [0.717, 1.165) is 32.7 Å². The van der Waals surface area contributed by atoms with Crippen molar-refractivity contribution in [1.82, 2.24) is 4.57 Å². The van der Waals surface area contributed by atoms with Crippen LogP contribution < -0.4 is 14.9 Å². The summed E-state index contributed by atoms with van der Waals surface area (Å²) >= 11 is 2.92. The number of carbonyl (C=O) groups excluding carboxylic acids is 1. The smallest absolute Gasteiger partial charge is 0.338 e. The first kappa shape index (κ1) is 32.5. The summed E-state index contributed by atoms with van der Waals surface area (Å²) in [5.41, 5.74) is 3.97. The summed E-state index contributed by atoms with van der Waals surface area (Å²) < 4.78 is 7.70. The van der Waals surface area contributed by atoms with Gasteiger partial charge in [0.05, 0.1) is 28.5 Å². The molecule has 1 aromatic heterocycles. The predicted octanol–water partition coefficient (Wildman–Crippen LogP) is 6.96. The van der Waals surface area contributed by atoms with Gasteiger partial charge in [0, 0.05) is 21.6 Å². The van der Waals surface area contributed by atoms with Crippen molar-refractivity contribution < 1.29 is 14.6 Å². The summed E-state index contributed by atoms with van der Waals surface area (Å²) in [7, 11) is 0. The molecule has 1 aliphatic rings. The minimum absolute atomic E-state index is 0.194. The molecule has 0 fully saturated rings. The molecule has 6 nitrogen and oxygen atoms in total. The maximum absolute atomic E-state index is 14.4. The minimum atomic E-state index is -0.733. The highest BCUT2D eigenvalue weighted by molar-refractivity contribution is 7.98.